The zero-order chi connectivity index (χ0) is 13.0. The molecule has 1 saturated carbocycles. The van der Waals surface area contributed by atoms with Gasteiger partial charge in [-0.2, -0.15) is 8.78 Å². The first-order chi connectivity index (χ1) is 6.92. The standard InChI is InChI=1S/C9H12F6O/c1-3-5-4-7(12,16)9(14,15)8(5,13)6(2,10)11/h5,16H,3-4H2,1-2H3. The van der Waals surface area contributed by atoms with Crippen LogP contribution in [0.3, 0.4) is 0 Å². The Morgan fingerprint density at radius 2 is 1.69 bits per heavy atom. The Morgan fingerprint density at radius 3 is 1.94 bits per heavy atom. The van der Waals surface area contributed by atoms with Gasteiger partial charge in [-0.15, -0.1) is 0 Å². The van der Waals surface area contributed by atoms with Gasteiger partial charge in [0.05, 0.1) is 0 Å². The molecule has 1 nitrogen and oxygen atoms in total. The number of alkyl halides is 6. The molecule has 0 heterocycles. The Hall–Kier alpha value is -0.460. The molecule has 1 fully saturated rings. The first-order valence-corrected chi connectivity index (χ1v) is 4.77. The molecule has 1 rings (SSSR count). The van der Waals surface area contributed by atoms with Crippen LogP contribution in [0.15, 0.2) is 0 Å². The third-order valence-electron chi connectivity index (χ3n) is 3.15. The van der Waals surface area contributed by atoms with Gasteiger partial charge in [0.2, 0.25) is 5.67 Å². The molecule has 3 unspecified atom stereocenters. The second kappa shape index (κ2) is 3.27. The van der Waals surface area contributed by atoms with Crippen LogP contribution in [0.4, 0.5) is 26.3 Å². The highest BCUT2D eigenvalue weighted by atomic mass is 19.3. The zero-order valence-corrected chi connectivity index (χ0v) is 8.71. The number of hydrogen-bond acceptors (Lipinski definition) is 1. The molecule has 0 radical (unpaired) electrons. The minimum absolute atomic E-state index is 0.0367. The normalized spacial score (nSPS) is 43.7. The highest BCUT2D eigenvalue weighted by Gasteiger charge is 2.83. The summed E-state index contributed by atoms with van der Waals surface area (Å²) in [5.74, 6) is -15.7. The van der Waals surface area contributed by atoms with E-state index < -0.39 is 42.1 Å². The second-order valence-electron chi connectivity index (χ2n) is 4.24. The zero-order valence-electron chi connectivity index (χ0n) is 8.71. The van der Waals surface area contributed by atoms with Gasteiger partial charge in [-0.1, -0.05) is 6.92 Å². The molecule has 0 amide bonds. The average molecular weight is 250 g/mol. The minimum Gasteiger partial charge on any atom is -0.357 e. The van der Waals surface area contributed by atoms with E-state index in [-0.39, 0.29) is 6.92 Å². The highest BCUT2D eigenvalue weighted by Crippen LogP contribution is 2.62. The van der Waals surface area contributed by atoms with Crippen molar-refractivity contribution in [2.24, 2.45) is 5.92 Å². The summed E-state index contributed by atoms with van der Waals surface area (Å²) in [6, 6.07) is 0. The van der Waals surface area contributed by atoms with Crippen LogP contribution in [0, 0.1) is 5.92 Å². The van der Waals surface area contributed by atoms with E-state index in [1.54, 1.807) is 0 Å². The van der Waals surface area contributed by atoms with Crippen LogP contribution in [0.1, 0.15) is 26.7 Å². The van der Waals surface area contributed by atoms with Crippen LogP contribution in [0.25, 0.3) is 0 Å². The van der Waals surface area contributed by atoms with Crippen molar-refractivity contribution in [2.75, 3.05) is 0 Å². The Morgan fingerprint density at radius 1 is 1.25 bits per heavy atom. The SMILES string of the molecule is CCC1CC(O)(F)C(F)(F)C1(F)C(C)(F)F. The van der Waals surface area contributed by atoms with Crippen molar-refractivity contribution in [1.82, 2.24) is 0 Å². The maximum atomic E-state index is 13.9. The summed E-state index contributed by atoms with van der Waals surface area (Å²) in [6.45, 7) is 1.15. The lowest BCUT2D eigenvalue weighted by Gasteiger charge is -2.37. The monoisotopic (exact) mass is 250 g/mol. The van der Waals surface area contributed by atoms with E-state index in [1.807, 2.05) is 0 Å². The Kier molecular flexibility index (Phi) is 2.78. The van der Waals surface area contributed by atoms with Crippen LogP contribution >= 0.6 is 0 Å². The molecule has 0 spiro atoms. The topological polar surface area (TPSA) is 20.2 Å². The maximum absolute atomic E-state index is 13.9. The predicted molar refractivity (Wildman–Crippen MR) is 43.9 cm³/mol. The van der Waals surface area contributed by atoms with Crippen molar-refractivity contribution in [3.05, 3.63) is 0 Å². The summed E-state index contributed by atoms with van der Waals surface area (Å²) >= 11 is 0. The summed E-state index contributed by atoms with van der Waals surface area (Å²) in [5.41, 5.74) is -4.36. The first kappa shape index (κ1) is 13.6. The van der Waals surface area contributed by atoms with Crippen molar-refractivity contribution in [3.8, 4) is 0 Å². The molecule has 7 heteroatoms. The maximum Gasteiger partial charge on any atom is 0.344 e. The molecule has 16 heavy (non-hydrogen) atoms. The number of rotatable bonds is 2. The lowest BCUT2D eigenvalue weighted by Crippen LogP contribution is -2.61. The van der Waals surface area contributed by atoms with Gasteiger partial charge in [0, 0.05) is 19.3 Å². The van der Waals surface area contributed by atoms with Gasteiger partial charge in [-0.3, -0.25) is 0 Å². The second-order valence-corrected chi connectivity index (χ2v) is 4.24. The van der Waals surface area contributed by atoms with Crippen molar-refractivity contribution >= 4 is 0 Å². The molecular weight excluding hydrogens is 238 g/mol. The molecule has 0 aromatic carbocycles. The molecule has 1 aliphatic rings. The molecule has 0 aromatic heterocycles. The number of hydrogen-bond donors (Lipinski definition) is 1. The van der Waals surface area contributed by atoms with E-state index in [1.165, 1.54) is 6.92 Å². The van der Waals surface area contributed by atoms with Gasteiger partial charge in [0.1, 0.15) is 0 Å². The largest absolute Gasteiger partial charge is 0.357 e. The van der Waals surface area contributed by atoms with Crippen molar-refractivity contribution < 1.29 is 31.4 Å². The van der Waals surface area contributed by atoms with E-state index in [0.717, 1.165) is 0 Å². The lowest BCUT2D eigenvalue weighted by atomic mass is 9.83. The van der Waals surface area contributed by atoms with Gasteiger partial charge >= 0.3 is 5.92 Å². The summed E-state index contributed by atoms with van der Waals surface area (Å²) in [4.78, 5) is 0. The van der Waals surface area contributed by atoms with Gasteiger partial charge in [0.25, 0.3) is 11.8 Å². The molecule has 1 N–H and O–H groups in total. The van der Waals surface area contributed by atoms with Crippen LogP contribution < -0.4 is 0 Å². The summed E-state index contributed by atoms with van der Waals surface area (Å²) in [6.07, 6.45) is -1.75. The van der Waals surface area contributed by atoms with Crippen LogP contribution in [0.5, 0.6) is 0 Å². The molecule has 0 aliphatic heterocycles. The molecule has 3 atom stereocenters. The van der Waals surface area contributed by atoms with Crippen LogP contribution in [0.2, 0.25) is 0 Å². The third kappa shape index (κ3) is 1.36. The van der Waals surface area contributed by atoms with Gasteiger partial charge in [-0.05, 0) is 6.42 Å². The molecule has 0 saturated heterocycles. The van der Waals surface area contributed by atoms with Gasteiger partial charge in [-0.25, -0.2) is 17.6 Å². The predicted octanol–water partition coefficient (Wildman–Crippen LogP) is 3.07. The van der Waals surface area contributed by atoms with E-state index in [9.17, 15) is 26.3 Å². The van der Waals surface area contributed by atoms with Crippen LogP contribution in [-0.4, -0.2) is 28.5 Å². The smallest absolute Gasteiger partial charge is 0.344 e. The Labute approximate surface area is 88.4 Å². The Balaban J connectivity index is 3.34. The summed E-state index contributed by atoms with van der Waals surface area (Å²) < 4.78 is 79.3. The molecule has 96 valence electrons. The van der Waals surface area contributed by atoms with Gasteiger partial charge < -0.3 is 5.11 Å². The third-order valence-corrected chi connectivity index (χ3v) is 3.15. The van der Waals surface area contributed by atoms with Crippen molar-refractivity contribution in [2.45, 2.75) is 50.1 Å². The fraction of sp³-hybridized carbons (Fsp3) is 1.00. The number of aliphatic hydroxyl groups is 1. The summed E-state index contributed by atoms with van der Waals surface area (Å²) in [7, 11) is 0. The Bertz CT molecular complexity index is 284. The van der Waals surface area contributed by atoms with E-state index in [4.69, 9.17) is 5.11 Å². The quantitative estimate of drug-likeness (QED) is 0.747. The minimum atomic E-state index is -5.13. The highest BCUT2D eigenvalue weighted by molar-refractivity contribution is 5.17. The number of halogens is 6. The molecule has 0 aromatic rings. The fourth-order valence-electron chi connectivity index (χ4n) is 2.19. The first-order valence-electron chi connectivity index (χ1n) is 4.77. The summed E-state index contributed by atoms with van der Waals surface area (Å²) in [5, 5.41) is 8.73. The van der Waals surface area contributed by atoms with Crippen molar-refractivity contribution in [3.63, 3.8) is 0 Å². The molecular formula is C9H12F6O. The van der Waals surface area contributed by atoms with E-state index in [2.05, 4.69) is 0 Å². The van der Waals surface area contributed by atoms with Crippen molar-refractivity contribution in [1.29, 1.82) is 0 Å². The van der Waals surface area contributed by atoms with E-state index >= 15 is 0 Å². The van der Waals surface area contributed by atoms with Crippen LogP contribution in [-0.2, 0) is 0 Å². The fourth-order valence-corrected chi connectivity index (χ4v) is 2.19. The molecule has 0 bridgehead atoms. The molecule has 1 aliphatic carbocycles. The average Bonchev–Trinajstić information content (AvgIpc) is 2.23. The lowest BCUT2D eigenvalue weighted by molar-refractivity contribution is -0.310. The van der Waals surface area contributed by atoms with E-state index in [0.29, 0.717) is 0 Å². The van der Waals surface area contributed by atoms with Gasteiger partial charge in [0.15, 0.2) is 0 Å².